The van der Waals surface area contributed by atoms with Gasteiger partial charge in [0.05, 0.1) is 5.92 Å². The van der Waals surface area contributed by atoms with Gasteiger partial charge in [-0.1, -0.05) is 18.7 Å². The van der Waals surface area contributed by atoms with Gasteiger partial charge in [-0.15, -0.1) is 0 Å². The standard InChI is InChI=1S/C22H29N3O4/c1-15-5-10-18(19(26)23-15)16-6-8-17(9-7-16)20(27)24-11-13-25(14-12-24)21(28)29-22(2,3)4/h6-9,18H,1,5,10-14H2,2-4H3,(H,23,26). The summed E-state index contributed by atoms with van der Waals surface area (Å²) in [6.45, 7) is 11.1. The third-order valence-electron chi connectivity index (χ3n) is 5.13. The maximum Gasteiger partial charge on any atom is 0.410 e. The van der Waals surface area contributed by atoms with Gasteiger partial charge in [0, 0.05) is 37.4 Å². The van der Waals surface area contributed by atoms with Crippen molar-refractivity contribution in [2.75, 3.05) is 26.2 Å². The smallest absolute Gasteiger partial charge is 0.410 e. The van der Waals surface area contributed by atoms with E-state index in [1.54, 1.807) is 21.9 Å². The van der Waals surface area contributed by atoms with Gasteiger partial charge in [-0.25, -0.2) is 4.79 Å². The van der Waals surface area contributed by atoms with E-state index < -0.39 is 5.60 Å². The van der Waals surface area contributed by atoms with Crippen molar-refractivity contribution in [1.29, 1.82) is 0 Å². The zero-order valence-corrected chi connectivity index (χ0v) is 17.4. The Labute approximate surface area is 171 Å². The molecule has 0 saturated carbocycles. The van der Waals surface area contributed by atoms with Gasteiger partial charge in [0.2, 0.25) is 5.91 Å². The maximum absolute atomic E-state index is 12.8. The lowest BCUT2D eigenvalue weighted by molar-refractivity contribution is -0.122. The number of carbonyl (C=O) groups excluding carboxylic acids is 3. The van der Waals surface area contributed by atoms with E-state index in [4.69, 9.17) is 4.74 Å². The van der Waals surface area contributed by atoms with Gasteiger partial charge in [0.25, 0.3) is 5.91 Å². The van der Waals surface area contributed by atoms with E-state index in [9.17, 15) is 14.4 Å². The second-order valence-electron chi connectivity index (χ2n) is 8.57. The number of allylic oxidation sites excluding steroid dienone is 1. The lowest BCUT2D eigenvalue weighted by atomic mass is 9.89. The summed E-state index contributed by atoms with van der Waals surface area (Å²) in [5.41, 5.74) is 1.71. The summed E-state index contributed by atoms with van der Waals surface area (Å²) in [5.74, 6) is -0.317. The summed E-state index contributed by atoms with van der Waals surface area (Å²) < 4.78 is 5.39. The summed E-state index contributed by atoms with van der Waals surface area (Å²) in [4.78, 5) is 40.5. The van der Waals surface area contributed by atoms with Crippen LogP contribution in [-0.2, 0) is 9.53 Å². The highest BCUT2D eigenvalue weighted by Crippen LogP contribution is 2.27. The molecule has 0 radical (unpaired) electrons. The molecule has 29 heavy (non-hydrogen) atoms. The Kier molecular flexibility index (Phi) is 5.96. The minimum Gasteiger partial charge on any atom is -0.444 e. The molecule has 2 aliphatic heterocycles. The average molecular weight is 399 g/mol. The third-order valence-corrected chi connectivity index (χ3v) is 5.13. The predicted molar refractivity (Wildman–Crippen MR) is 109 cm³/mol. The molecular formula is C22H29N3O4. The molecule has 2 aliphatic rings. The number of piperidine rings is 1. The molecule has 1 unspecified atom stereocenters. The van der Waals surface area contributed by atoms with Crippen LogP contribution in [0.3, 0.4) is 0 Å². The fraction of sp³-hybridized carbons (Fsp3) is 0.500. The third kappa shape index (κ3) is 5.16. The highest BCUT2D eigenvalue weighted by Gasteiger charge is 2.29. The molecule has 1 N–H and O–H groups in total. The van der Waals surface area contributed by atoms with Crippen LogP contribution in [0.25, 0.3) is 0 Å². The molecule has 0 aliphatic carbocycles. The predicted octanol–water partition coefficient (Wildman–Crippen LogP) is 2.89. The van der Waals surface area contributed by atoms with E-state index in [1.807, 2.05) is 32.9 Å². The first-order chi connectivity index (χ1) is 13.6. The van der Waals surface area contributed by atoms with Gasteiger partial charge in [0.15, 0.2) is 0 Å². The molecule has 1 aromatic rings. The number of ether oxygens (including phenoxy) is 1. The molecule has 3 amide bonds. The molecule has 1 atom stereocenters. The van der Waals surface area contributed by atoms with Crippen molar-refractivity contribution < 1.29 is 19.1 Å². The van der Waals surface area contributed by atoms with E-state index in [-0.39, 0.29) is 23.8 Å². The van der Waals surface area contributed by atoms with Gasteiger partial charge in [0.1, 0.15) is 5.60 Å². The molecule has 2 heterocycles. The summed E-state index contributed by atoms with van der Waals surface area (Å²) in [6, 6.07) is 7.24. The Morgan fingerprint density at radius 2 is 1.66 bits per heavy atom. The first-order valence-corrected chi connectivity index (χ1v) is 10.00. The van der Waals surface area contributed by atoms with Gasteiger partial charge < -0.3 is 19.9 Å². The van der Waals surface area contributed by atoms with Crippen molar-refractivity contribution in [3.8, 4) is 0 Å². The van der Waals surface area contributed by atoms with Crippen molar-refractivity contribution in [3.05, 3.63) is 47.7 Å². The van der Waals surface area contributed by atoms with Crippen molar-refractivity contribution in [2.24, 2.45) is 0 Å². The fourth-order valence-corrected chi connectivity index (χ4v) is 3.55. The van der Waals surface area contributed by atoms with Crippen LogP contribution in [0.1, 0.15) is 55.5 Å². The Balaban J connectivity index is 1.57. The molecule has 2 fully saturated rings. The van der Waals surface area contributed by atoms with E-state index >= 15 is 0 Å². The number of nitrogens with zero attached hydrogens (tertiary/aromatic N) is 2. The van der Waals surface area contributed by atoms with Crippen LogP contribution in [0.5, 0.6) is 0 Å². The number of piperazine rings is 1. The molecule has 7 heteroatoms. The minimum absolute atomic E-state index is 0.0430. The van der Waals surface area contributed by atoms with Crippen LogP contribution in [-0.4, -0.2) is 59.5 Å². The summed E-state index contributed by atoms with van der Waals surface area (Å²) in [6.07, 6.45) is 1.14. The van der Waals surface area contributed by atoms with Gasteiger partial charge in [-0.05, 0) is 51.3 Å². The normalized spacial score (nSPS) is 20.3. The Morgan fingerprint density at radius 1 is 1.07 bits per heavy atom. The summed E-state index contributed by atoms with van der Waals surface area (Å²) >= 11 is 0. The molecule has 0 spiro atoms. The topological polar surface area (TPSA) is 79.0 Å². The highest BCUT2D eigenvalue weighted by molar-refractivity contribution is 5.94. The Morgan fingerprint density at radius 3 is 2.21 bits per heavy atom. The monoisotopic (exact) mass is 399 g/mol. The number of nitrogens with one attached hydrogen (secondary N) is 1. The SMILES string of the molecule is C=C1CCC(c2ccc(C(=O)N3CCN(C(=O)OC(C)(C)C)CC3)cc2)C(=O)N1. The lowest BCUT2D eigenvalue weighted by Crippen LogP contribution is -2.51. The molecule has 1 aromatic carbocycles. The second kappa shape index (κ2) is 8.27. The molecule has 156 valence electrons. The zero-order chi connectivity index (χ0) is 21.2. The second-order valence-corrected chi connectivity index (χ2v) is 8.57. The molecule has 0 aromatic heterocycles. The average Bonchev–Trinajstić information content (AvgIpc) is 2.66. The first kappa shape index (κ1) is 20.9. The van der Waals surface area contributed by atoms with Crippen molar-refractivity contribution >= 4 is 17.9 Å². The van der Waals surface area contributed by atoms with Gasteiger partial charge in [-0.3, -0.25) is 9.59 Å². The van der Waals surface area contributed by atoms with Crippen molar-refractivity contribution in [3.63, 3.8) is 0 Å². The number of amides is 3. The van der Waals surface area contributed by atoms with Crippen LogP contribution in [0.4, 0.5) is 4.79 Å². The van der Waals surface area contributed by atoms with Crippen molar-refractivity contribution in [1.82, 2.24) is 15.1 Å². The zero-order valence-electron chi connectivity index (χ0n) is 17.4. The lowest BCUT2D eigenvalue weighted by Gasteiger charge is -2.35. The number of hydrogen-bond acceptors (Lipinski definition) is 4. The van der Waals surface area contributed by atoms with Crippen LogP contribution >= 0.6 is 0 Å². The number of hydrogen-bond donors (Lipinski definition) is 1. The van der Waals surface area contributed by atoms with E-state index in [0.717, 1.165) is 24.1 Å². The molecular weight excluding hydrogens is 370 g/mol. The molecule has 7 nitrogen and oxygen atoms in total. The summed E-state index contributed by atoms with van der Waals surface area (Å²) in [7, 11) is 0. The van der Waals surface area contributed by atoms with Gasteiger partial charge in [-0.2, -0.15) is 0 Å². The van der Waals surface area contributed by atoms with Gasteiger partial charge >= 0.3 is 6.09 Å². The molecule has 3 rings (SSSR count). The highest BCUT2D eigenvalue weighted by atomic mass is 16.6. The van der Waals surface area contributed by atoms with Crippen LogP contribution in [0.2, 0.25) is 0 Å². The minimum atomic E-state index is -0.533. The molecule has 0 bridgehead atoms. The molecule has 2 saturated heterocycles. The van der Waals surface area contributed by atoms with Crippen LogP contribution < -0.4 is 5.32 Å². The van der Waals surface area contributed by atoms with E-state index in [1.165, 1.54) is 0 Å². The van der Waals surface area contributed by atoms with E-state index in [0.29, 0.717) is 31.7 Å². The first-order valence-electron chi connectivity index (χ1n) is 10.00. The summed E-state index contributed by atoms with van der Waals surface area (Å²) in [5, 5.41) is 2.79. The van der Waals surface area contributed by atoms with Crippen LogP contribution in [0.15, 0.2) is 36.5 Å². The Bertz CT molecular complexity index is 802. The number of benzene rings is 1. The van der Waals surface area contributed by atoms with Crippen LogP contribution in [0, 0.1) is 0 Å². The Hall–Kier alpha value is -2.83. The van der Waals surface area contributed by atoms with E-state index in [2.05, 4.69) is 11.9 Å². The maximum atomic E-state index is 12.8. The quantitative estimate of drug-likeness (QED) is 0.829. The number of rotatable bonds is 2. The fourth-order valence-electron chi connectivity index (χ4n) is 3.55. The largest absolute Gasteiger partial charge is 0.444 e. The van der Waals surface area contributed by atoms with Crippen molar-refractivity contribution in [2.45, 2.75) is 45.1 Å². The number of carbonyl (C=O) groups is 3.